The van der Waals surface area contributed by atoms with Gasteiger partial charge in [0.25, 0.3) is 5.91 Å². The Morgan fingerprint density at radius 1 is 1.10 bits per heavy atom. The molecule has 30 heavy (non-hydrogen) atoms. The predicted octanol–water partition coefficient (Wildman–Crippen LogP) is 4.20. The van der Waals surface area contributed by atoms with E-state index in [0.717, 1.165) is 53.8 Å². The van der Waals surface area contributed by atoms with Crippen LogP contribution in [-0.4, -0.2) is 46.5 Å². The molecular formula is C23H25FN4OS. The summed E-state index contributed by atoms with van der Waals surface area (Å²) >= 11 is 1.66. The van der Waals surface area contributed by atoms with Gasteiger partial charge in [0.05, 0.1) is 0 Å². The van der Waals surface area contributed by atoms with Crippen molar-refractivity contribution in [3.63, 3.8) is 0 Å². The first-order valence-corrected chi connectivity index (χ1v) is 11.1. The first-order chi connectivity index (χ1) is 14.6. The number of hydrogen-bond acceptors (Lipinski definition) is 4. The second kappa shape index (κ2) is 9.34. The Morgan fingerprint density at radius 3 is 2.70 bits per heavy atom. The highest BCUT2D eigenvalue weighted by atomic mass is 32.2. The number of anilines is 1. The van der Waals surface area contributed by atoms with Crippen molar-refractivity contribution >= 4 is 23.4 Å². The number of carbonyl (C=O) groups is 1. The Balaban J connectivity index is 1.39. The lowest BCUT2D eigenvalue weighted by Crippen LogP contribution is -2.35. The number of thioether (sulfide) groups is 1. The molecule has 156 valence electrons. The third-order valence-corrected chi connectivity index (χ3v) is 6.42. The number of carbonyl (C=O) groups excluding carboxylic acids is 1. The van der Waals surface area contributed by atoms with E-state index in [2.05, 4.69) is 9.88 Å². The van der Waals surface area contributed by atoms with E-state index in [4.69, 9.17) is 0 Å². The van der Waals surface area contributed by atoms with Crippen LogP contribution >= 0.6 is 11.8 Å². The van der Waals surface area contributed by atoms with Crippen molar-refractivity contribution in [3.8, 4) is 0 Å². The van der Waals surface area contributed by atoms with Gasteiger partial charge in [0.15, 0.2) is 5.16 Å². The van der Waals surface area contributed by atoms with E-state index in [9.17, 15) is 9.18 Å². The molecule has 1 aliphatic rings. The lowest BCUT2D eigenvalue weighted by Gasteiger charge is -2.24. The molecule has 0 unspecified atom stereocenters. The van der Waals surface area contributed by atoms with Crippen LogP contribution in [0.15, 0.2) is 66.1 Å². The Labute approximate surface area is 180 Å². The summed E-state index contributed by atoms with van der Waals surface area (Å²) in [5.41, 5.74) is 2.83. The molecule has 0 N–H and O–H groups in total. The molecule has 1 aromatic heterocycles. The summed E-state index contributed by atoms with van der Waals surface area (Å²) in [5.74, 6) is 0.607. The smallest absolute Gasteiger partial charge is 0.253 e. The van der Waals surface area contributed by atoms with Gasteiger partial charge in [-0.05, 0) is 48.4 Å². The number of rotatable bonds is 5. The second-order valence-corrected chi connectivity index (χ2v) is 8.36. The summed E-state index contributed by atoms with van der Waals surface area (Å²) in [6, 6.07) is 14.4. The van der Waals surface area contributed by atoms with Gasteiger partial charge < -0.3 is 14.4 Å². The highest BCUT2D eigenvalue weighted by molar-refractivity contribution is 7.98. The molecule has 3 aromatic rings. The standard InChI is InChI=1S/C23H25FN4OS/c1-26-13-10-25-23(26)30-17-18-4-2-5-19(16-18)22(29)28-12-3-11-27(14-15-28)21-8-6-20(24)7-9-21/h2,4-10,13,16H,3,11-12,14-15,17H2,1H3. The maximum atomic E-state index is 13.2. The Morgan fingerprint density at radius 2 is 1.93 bits per heavy atom. The van der Waals surface area contributed by atoms with Gasteiger partial charge in [0.2, 0.25) is 0 Å². The van der Waals surface area contributed by atoms with E-state index in [1.54, 1.807) is 30.1 Å². The van der Waals surface area contributed by atoms with Crippen molar-refractivity contribution < 1.29 is 9.18 Å². The third kappa shape index (κ3) is 4.84. The van der Waals surface area contributed by atoms with Crippen LogP contribution in [-0.2, 0) is 12.8 Å². The molecule has 0 bridgehead atoms. The monoisotopic (exact) mass is 424 g/mol. The van der Waals surface area contributed by atoms with E-state index < -0.39 is 0 Å². The maximum absolute atomic E-state index is 13.2. The SMILES string of the molecule is Cn1ccnc1SCc1cccc(C(=O)N2CCCN(c3ccc(F)cc3)CC2)c1. The van der Waals surface area contributed by atoms with Gasteiger partial charge in [-0.2, -0.15) is 0 Å². The molecule has 7 heteroatoms. The van der Waals surface area contributed by atoms with Gasteiger partial charge in [-0.1, -0.05) is 23.9 Å². The van der Waals surface area contributed by atoms with E-state index in [0.29, 0.717) is 6.54 Å². The highest BCUT2D eigenvalue weighted by Gasteiger charge is 2.21. The Hall–Kier alpha value is -2.80. The zero-order valence-corrected chi connectivity index (χ0v) is 17.8. The first kappa shape index (κ1) is 20.5. The number of benzene rings is 2. The minimum atomic E-state index is -0.230. The number of amides is 1. The zero-order valence-electron chi connectivity index (χ0n) is 17.0. The van der Waals surface area contributed by atoms with Gasteiger partial charge in [0.1, 0.15) is 5.82 Å². The zero-order chi connectivity index (χ0) is 20.9. The van der Waals surface area contributed by atoms with Crippen LogP contribution in [0, 0.1) is 5.82 Å². The third-order valence-electron chi connectivity index (χ3n) is 5.29. The van der Waals surface area contributed by atoms with Gasteiger partial charge in [-0.25, -0.2) is 9.37 Å². The van der Waals surface area contributed by atoms with Crippen molar-refractivity contribution in [2.24, 2.45) is 7.05 Å². The molecule has 0 aliphatic carbocycles. The predicted molar refractivity (Wildman–Crippen MR) is 118 cm³/mol. The van der Waals surface area contributed by atoms with Gasteiger partial charge in [-0.3, -0.25) is 4.79 Å². The van der Waals surface area contributed by atoms with Crippen molar-refractivity contribution in [1.29, 1.82) is 0 Å². The van der Waals surface area contributed by atoms with Crippen molar-refractivity contribution in [2.75, 3.05) is 31.1 Å². The van der Waals surface area contributed by atoms with Crippen LogP contribution in [0.5, 0.6) is 0 Å². The Kier molecular flexibility index (Phi) is 6.38. The van der Waals surface area contributed by atoms with E-state index in [1.165, 1.54) is 12.1 Å². The fourth-order valence-electron chi connectivity index (χ4n) is 3.65. The maximum Gasteiger partial charge on any atom is 0.253 e. The van der Waals surface area contributed by atoms with Crippen LogP contribution in [0.25, 0.3) is 0 Å². The molecular weight excluding hydrogens is 399 g/mol. The molecule has 2 heterocycles. The van der Waals surface area contributed by atoms with Crippen molar-refractivity contribution in [1.82, 2.24) is 14.5 Å². The van der Waals surface area contributed by atoms with Crippen LogP contribution in [0.4, 0.5) is 10.1 Å². The number of imidazole rings is 1. The van der Waals surface area contributed by atoms with E-state index >= 15 is 0 Å². The number of hydrogen-bond donors (Lipinski definition) is 0. The fourth-order valence-corrected chi connectivity index (χ4v) is 4.52. The minimum absolute atomic E-state index is 0.0693. The quantitative estimate of drug-likeness (QED) is 0.576. The van der Waals surface area contributed by atoms with E-state index in [-0.39, 0.29) is 11.7 Å². The van der Waals surface area contributed by atoms with Gasteiger partial charge in [0, 0.05) is 62.6 Å². The van der Waals surface area contributed by atoms with Crippen LogP contribution < -0.4 is 4.90 Å². The van der Waals surface area contributed by atoms with Crippen LogP contribution in [0.2, 0.25) is 0 Å². The molecule has 2 aromatic carbocycles. The van der Waals surface area contributed by atoms with Crippen molar-refractivity contribution in [2.45, 2.75) is 17.3 Å². The number of nitrogens with zero attached hydrogens (tertiary/aromatic N) is 4. The average Bonchev–Trinajstić information content (AvgIpc) is 3.02. The lowest BCUT2D eigenvalue weighted by molar-refractivity contribution is 0.0767. The normalized spacial score (nSPS) is 14.6. The van der Waals surface area contributed by atoms with Crippen LogP contribution in [0.1, 0.15) is 22.3 Å². The molecule has 1 amide bonds. The molecule has 1 fully saturated rings. The fraction of sp³-hybridized carbons (Fsp3) is 0.304. The first-order valence-electron chi connectivity index (χ1n) is 10.1. The molecule has 5 nitrogen and oxygen atoms in total. The summed E-state index contributed by atoms with van der Waals surface area (Å²) in [5, 5.41) is 0.958. The molecule has 4 rings (SSSR count). The number of halogens is 1. The van der Waals surface area contributed by atoms with Gasteiger partial charge >= 0.3 is 0 Å². The molecule has 0 spiro atoms. The van der Waals surface area contributed by atoms with Gasteiger partial charge in [-0.15, -0.1) is 0 Å². The molecule has 1 aliphatic heterocycles. The molecule has 0 atom stereocenters. The molecule has 0 radical (unpaired) electrons. The second-order valence-electron chi connectivity index (χ2n) is 7.42. The van der Waals surface area contributed by atoms with Crippen LogP contribution in [0.3, 0.4) is 0 Å². The van der Waals surface area contributed by atoms with E-state index in [1.807, 2.05) is 47.0 Å². The summed E-state index contributed by atoms with van der Waals surface area (Å²) in [7, 11) is 1.98. The average molecular weight is 425 g/mol. The minimum Gasteiger partial charge on any atom is -0.370 e. The van der Waals surface area contributed by atoms with Crippen molar-refractivity contribution in [3.05, 3.63) is 77.9 Å². The Bertz CT molecular complexity index is 1000. The summed E-state index contributed by atoms with van der Waals surface area (Å²) in [4.78, 5) is 21.6. The number of aryl methyl sites for hydroxylation is 1. The lowest BCUT2D eigenvalue weighted by atomic mass is 10.1. The summed E-state index contributed by atoms with van der Waals surface area (Å²) in [6.07, 6.45) is 4.60. The summed E-state index contributed by atoms with van der Waals surface area (Å²) < 4.78 is 15.2. The largest absolute Gasteiger partial charge is 0.370 e. The topological polar surface area (TPSA) is 41.4 Å². The highest BCUT2D eigenvalue weighted by Crippen LogP contribution is 2.22. The summed E-state index contributed by atoms with van der Waals surface area (Å²) in [6.45, 7) is 2.98. The molecule has 0 saturated carbocycles. The molecule has 1 saturated heterocycles. The number of aromatic nitrogens is 2.